The first-order chi connectivity index (χ1) is 10.1. The van der Waals surface area contributed by atoms with Crippen molar-refractivity contribution in [3.05, 3.63) is 22.7 Å². The van der Waals surface area contributed by atoms with Crippen molar-refractivity contribution in [2.75, 3.05) is 20.8 Å². The molecule has 0 heterocycles. The Kier molecular flexibility index (Phi) is 5.77. The van der Waals surface area contributed by atoms with Crippen molar-refractivity contribution in [1.29, 1.82) is 0 Å². The number of ether oxygens (including phenoxy) is 2. The van der Waals surface area contributed by atoms with E-state index in [1.165, 1.54) is 19.3 Å². The molecule has 1 aromatic rings. The van der Waals surface area contributed by atoms with E-state index in [0.717, 1.165) is 28.8 Å². The molecule has 3 atom stereocenters. The SMILES string of the molecule is CCNC(c1cc(OC)c(OC)cc1Cl)C1CCCC1C. The maximum absolute atomic E-state index is 6.52. The Balaban J connectivity index is 2.39. The number of halogens is 1. The topological polar surface area (TPSA) is 30.5 Å². The lowest BCUT2D eigenvalue weighted by Gasteiger charge is -2.29. The highest BCUT2D eigenvalue weighted by molar-refractivity contribution is 6.31. The van der Waals surface area contributed by atoms with E-state index < -0.39 is 0 Å². The molecular weight excluding hydrogens is 286 g/mol. The standard InChI is InChI=1S/C17H26ClNO2/c1-5-19-17(12-8-6-7-11(12)2)13-9-15(20-3)16(21-4)10-14(13)18/h9-12,17,19H,5-8H2,1-4H3. The van der Waals surface area contributed by atoms with Crippen LogP contribution in [0, 0.1) is 11.8 Å². The molecule has 118 valence electrons. The molecule has 3 unspecified atom stereocenters. The summed E-state index contributed by atoms with van der Waals surface area (Å²) in [7, 11) is 3.30. The van der Waals surface area contributed by atoms with Crippen LogP contribution in [0.1, 0.15) is 44.7 Å². The van der Waals surface area contributed by atoms with Crippen LogP contribution in [-0.4, -0.2) is 20.8 Å². The number of nitrogens with one attached hydrogen (secondary N) is 1. The molecule has 0 bridgehead atoms. The zero-order chi connectivity index (χ0) is 15.4. The monoisotopic (exact) mass is 311 g/mol. The minimum absolute atomic E-state index is 0.278. The summed E-state index contributed by atoms with van der Waals surface area (Å²) in [5.74, 6) is 2.77. The molecule has 1 fully saturated rings. The van der Waals surface area contributed by atoms with Gasteiger partial charge in [-0.2, -0.15) is 0 Å². The second-order valence-electron chi connectivity index (χ2n) is 5.84. The largest absolute Gasteiger partial charge is 0.493 e. The molecule has 1 aliphatic carbocycles. The van der Waals surface area contributed by atoms with Crippen molar-refractivity contribution in [1.82, 2.24) is 5.32 Å². The minimum Gasteiger partial charge on any atom is -0.493 e. The normalized spacial score (nSPS) is 23.1. The third kappa shape index (κ3) is 3.46. The lowest BCUT2D eigenvalue weighted by Crippen LogP contribution is -2.30. The van der Waals surface area contributed by atoms with E-state index in [9.17, 15) is 0 Å². The van der Waals surface area contributed by atoms with Gasteiger partial charge in [0.05, 0.1) is 14.2 Å². The van der Waals surface area contributed by atoms with Gasteiger partial charge >= 0.3 is 0 Å². The first-order valence-electron chi connectivity index (χ1n) is 7.77. The Morgan fingerprint density at radius 1 is 1.24 bits per heavy atom. The molecule has 0 amide bonds. The summed E-state index contributed by atoms with van der Waals surface area (Å²) in [6.45, 7) is 5.41. The molecule has 4 heteroatoms. The zero-order valence-electron chi connectivity index (χ0n) is 13.4. The summed E-state index contributed by atoms with van der Waals surface area (Å²) < 4.78 is 10.8. The number of methoxy groups -OCH3 is 2. The number of hydrogen-bond donors (Lipinski definition) is 1. The first kappa shape index (κ1) is 16.4. The molecule has 0 aromatic heterocycles. The molecule has 1 aromatic carbocycles. The average molecular weight is 312 g/mol. The Morgan fingerprint density at radius 2 is 1.90 bits per heavy atom. The van der Waals surface area contributed by atoms with Crippen molar-refractivity contribution < 1.29 is 9.47 Å². The maximum atomic E-state index is 6.52. The Hall–Kier alpha value is -0.930. The molecule has 3 nitrogen and oxygen atoms in total. The van der Waals surface area contributed by atoms with E-state index in [1.54, 1.807) is 14.2 Å². The maximum Gasteiger partial charge on any atom is 0.162 e. The average Bonchev–Trinajstić information content (AvgIpc) is 2.90. The molecule has 0 aliphatic heterocycles. The minimum atomic E-state index is 0.278. The number of hydrogen-bond acceptors (Lipinski definition) is 3. The molecule has 1 aliphatic rings. The third-order valence-corrected chi connectivity index (χ3v) is 4.95. The summed E-state index contributed by atoms with van der Waals surface area (Å²) in [4.78, 5) is 0. The van der Waals surface area contributed by atoms with Crippen LogP contribution >= 0.6 is 11.6 Å². The molecule has 0 radical (unpaired) electrons. The molecule has 21 heavy (non-hydrogen) atoms. The first-order valence-corrected chi connectivity index (χ1v) is 8.14. The van der Waals surface area contributed by atoms with Gasteiger partial charge in [-0.1, -0.05) is 38.3 Å². The summed E-state index contributed by atoms with van der Waals surface area (Å²) in [5, 5.41) is 4.37. The fourth-order valence-electron chi connectivity index (χ4n) is 3.49. The van der Waals surface area contributed by atoms with Crippen molar-refractivity contribution in [3.8, 4) is 11.5 Å². The highest BCUT2D eigenvalue weighted by atomic mass is 35.5. The van der Waals surface area contributed by atoms with Crippen molar-refractivity contribution in [3.63, 3.8) is 0 Å². The number of rotatable bonds is 6. The lowest BCUT2D eigenvalue weighted by atomic mass is 9.85. The van der Waals surface area contributed by atoms with Gasteiger partial charge in [0.25, 0.3) is 0 Å². The van der Waals surface area contributed by atoms with Crippen LogP contribution in [0.4, 0.5) is 0 Å². The van der Waals surface area contributed by atoms with E-state index in [-0.39, 0.29) is 6.04 Å². The fraction of sp³-hybridized carbons (Fsp3) is 0.647. The Morgan fingerprint density at radius 3 is 2.43 bits per heavy atom. The van der Waals surface area contributed by atoms with Gasteiger partial charge in [0.1, 0.15) is 0 Å². The van der Waals surface area contributed by atoms with Crippen molar-refractivity contribution >= 4 is 11.6 Å². The Bertz CT molecular complexity index is 478. The van der Waals surface area contributed by atoms with Gasteiger partial charge in [0.2, 0.25) is 0 Å². The van der Waals surface area contributed by atoms with Gasteiger partial charge in [-0.25, -0.2) is 0 Å². The van der Waals surface area contributed by atoms with Crippen LogP contribution in [0.2, 0.25) is 5.02 Å². The van der Waals surface area contributed by atoms with E-state index >= 15 is 0 Å². The molecule has 1 saturated carbocycles. The third-order valence-electron chi connectivity index (χ3n) is 4.62. The van der Waals surface area contributed by atoms with Crippen LogP contribution in [0.5, 0.6) is 11.5 Å². The lowest BCUT2D eigenvalue weighted by molar-refractivity contribution is 0.303. The van der Waals surface area contributed by atoms with Crippen molar-refractivity contribution in [2.45, 2.75) is 39.2 Å². The van der Waals surface area contributed by atoms with E-state index in [4.69, 9.17) is 21.1 Å². The van der Waals surface area contributed by atoms with Crippen LogP contribution in [0.25, 0.3) is 0 Å². The molecule has 2 rings (SSSR count). The van der Waals surface area contributed by atoms with Gasteiger partial charge < -0.3 is 14.8 Å². The smallest absolute Gasteiger partial charge is 0.162 e. The van der Waals surface area contributed by atoms with E-state index in [0.29, 0.717) is 11.7 Å². The zero-order valence-corrected chi connectivity index (χ0v) is 14.2. The predicted octanol–water partition coefficient (Wildman–Crippen LogP) is 4.44. The van der Waals surface area contributed by atoms with Gasteiger partial charge in [-0.3, -0.25) is 0 Å². The van der Waals surface area contributed by atoms with Gasteiger partial charge in [0, 0.05) is 17.1 Å². The second kappa shape index (κ2) is 7.37. The summed E-state index contributed by atoms with van der Waals surface area (Å²) in [6.07, 6.45) is 3.86. The molecule has 0 saturated heterocycles. The van der Waals surface area contributed by atoms with Crippen LogP contribution in [-0.2, 0) is 0 Å². The summed E-state index contributed by atoms with van der Waals surface area (Å²) in [6, 6.07) is 4.17. The quantitative estimate of drug-likeness (QED) is 0.842. The second-order valence-corrected chi connectivity index (χ2v) is 6.24. The van der Waals surface area contributed by atoms with Crippen molar-refractivity contribution in [2.24, 2.45) is 11.8 Å². The Labute approximate surface area is 133 Å². The highest BCUT2D eigenvalue weighted by Gasteiger charge is 2.33. The summed E-state index contributed by atoms with van der Waals surface area (Å²) >= 11 is 6.52. The van der Waals surface area contributed by atoms with Crippen LogP contribution < -0.4 is 14.8 Å². The number of benzene rings is 1. The predicted molar refractivity (Wildman–Crippen MR) is 87.5 cm³/mol. The van der Waals surface area contributed by atoms with E-state index in [1.807, 2.05) is 12.1 Å². The molecule has 1 N–H and O–H groups in total. The summed E-state index contributed by atoms with van der Waals surface area (Å²) in [5.41, 5.74) is 1.12. The van der Waals surface area contributed by atoms with Crippen LogP contribution in [0.15, 0.2) is 12.1 Å². The van der Waals surface area contributed by atoms with Crippen LogP contribution in [0.3, 0.4) is 0 Å². The highest BCUT2D eigenvalue weighted by Crippen LogP contribution is 2.44. The van der Waals surface area contributed by atoms with Gasteiger partial charge in [0.15, 0.2) is 11.5 Å². The fourth-order valence-corrected chi connectivity index (χ4v) is 3.76. The van der Waals surface area contributed by atoms with Gasteiger partial charge in [-0.05, 0) is 36.4 Å². The van der Waals surface area contributed by atoms with E-state index in [2.05, 4.69) is 19.2 Å². The molecular formula is C17H26ClNO2. The van der Waals surface area contributed by atoms with Gasteiger partial charge in [-0.15, -0.1) is 0 Å². The molecule has 0 spiro atoms.